The fourth-order valence-electron chi connectivity index (χ4n) is 3.25. The summed E-state index contributed by atoms with van der Waals surface area (Å²) < 4.78 is 5.43. The van der Waals surface area contributed by atoms with Crippen LogP contribution in [-0.2, 0) is 4.79 Å². The zero-order valence-corrected chi connectivity index (χ0v) is 16.6. The molecule has 1 saturated heterocycles. The van der Waals surface area contributed by atoms with Crippen LogP contribution in [0.2, 0.25) is 5.02 Å². The number of carbonyl (C=O) groups is 1. The molecule has 1 aliphatic rings. The van der Waals surface area contributed by atoms with Crippen LogP contribution in [0.25, 0.3) is 0 Å². The first-order valence-electron chi connectivity index (χ1n) is 9.35. The van der Waals surface area contributed by atoms with Crippen molar-refractivity contribution < 1.29 is 9.53 Å². The van der Waals surface area contributed by atoms with Gasteiger partial charge in [0.2, 0.25) is 5.91 Å². The standard InChI is InChI=1S/C21H26ClN3O2/c1-3-27-20-9-7-18(8-10-20)23-21(26)16(2)24-11-13-25(14-12-24)19-6-4-5-17(22)15-19/h4-10,15-16H,3,11-14H2,1-2H3,(H,23,26)/t16-/m1/s1. The predicted octanol–water partition coefficient (Wildman–Crippen LogP) is 3.89. The molecule has 0 saturated carbocycles. The molecule has 1 atom stereocenters. The first kappa shape index (κ1) is 19.5. The van der Waals surface area contributed by atoms with Crippen molar-refractivity contribution in [1.29, 1.82) is 0 Å². The number of piperazine rings is 1. The lowest BCUT2D eigenvalue weighted by Crippen LogP contribution is -2.52. The Hall–Kier alpha value is -2.24. The molecule has 0 aromatic heterocycles. The molecule has 0 aliphatic carbocycles. The molecule has 0 radical (unpaired) electrons. The first-order chi connectivity index (χ1) is 13.1. The normalized spacial score (nSPS) is 16.0. The first-order valence-corrected chi connectivity index (χ1v) is 9.73. The minimum absolute atomic E-state index is 0.00960. The van der Waals surface area contributed by atoms with Crippen LogP contribution < -0.4 is 15.0 Å². The number of benzene rings is 2. The highest BCUT2D eigenvalue weighted by atomic mass is 35.5. The maximum Gasteiger partial charge on any atom is 0.241 e. The van der Waals surface area contributed by atoms with Crippen molar-refractivity contribution in [3.8, 4) is 5.75 Å². The number of rotatable bonds is 6. The molecule has 1 fully saturated rings. The van der Waals surface area contributed by atoms with E-state index in [0.29, 0.717) is 6.61 Å². The second-order valence-corrected chi connectivity index (χ2v) is 7.06. The molecule has 6 heteroatoms. The highest BCUT2D eigenvalue weighted by Crippen LogP contribution is 2.22. The maximum absolute atomic E-state index is 12.6. The number of ether oxygens (including phenoxy) is 1. The molecule has 3 rings (SSSR count). The molecule has 1 amide bonds. The van der Waals surface area contributed by atoms with Gasteiger partial charge in [-0.1, -0.05) is 17.7 Å². The summed E-state index contributed by atoms with van der Waals surface area (Å²) in [6, 6.07) is 15.2. The smallest absolute Gasteiger partial charge is 0.241 e. The maximum atomic E-state index is 12.6. The molecular formula is C21H26ClN3O2. The molecule has 2 aromatic rings. The third-order valence-electron chi connectivity index (χ3n) is 4.85. The number of hydrogen-bond acceptors (Lipinski definition) is 4. The minimum Gasteiger partial charge on any atom is -0.494 e. The van der Waals surface area contributed by atoms with Gasteiger partial charge in [-0.25, -0.2) is 0 Å². The van der Waals surface area contributed by atoms with Gasteiger partial charge in [-0.2, -0.15) is 0 Å². The van der Waals surface area contributed by atoms with Crippen LogP contribution in [0.5, 0.6) is 5.75 Å². The minimum atomic E-state index is -0.182. The number of amides is 1. The van der Waals surface area contributed by atoms with Crippen molar-refractivity contribution in [2.45, 2.75) is 19.9 Å². The molecular weight excluding hydrogens is 362 g/mol. The largest absolute Gasteiger partial charge is 0.494 e. The Morgan fingerprint density at radius 2 is 1.85 bits per heavy atom. The topological polar surface area (TPSA) is 44.8 Å². The number of hydrogen-bond donors (Lipinski definition) is 1. The van der Waals surface area contributed by atoms with Gasteiger partial charge in [-0.05, 0) is 56.3 Å². The fourth-order valence-corrected chi connectivity index (χ4v) is 3.44. The molecule has 5 nitrogen and oxygen atoms in total. The van der Waals surface area contributed by atoms with Gasteiger partial charge in [-0.15, -0.1) is 0 Å². The van der Waals surface area contributed by atoms with Gasteiger partial charge in [0.1, 0.15) is 5.75 Å². The summed E-state index contributed by atoms with van der Waals surface area (Å²) in [5.41, 5.74) is 1.92. The Balaban J connectivity index is 1.52. The molecule has 1 heterocycles. The molecule has 2 aromatic carbocycles. The third kappa shape index (κ3) is 5.15. The number of halogens is 1. The van der Waals surface area contributed by atoms with E-state index >= 15 is 0 Å². The molecule has 27 heavy (non-hydrogen) atoms. The van der Waals surface area contributed by atoms with E-state index in [9.17, 15) is 4.79 Å². The molecule has 0 bridgehead atoms. The van der Waals surface area contributed by atoms with Crippen LogP contribution in [0, 0.1) is 0 Å². The molecule has 1 N–H and O–H groups in total. The van der Waals surface area contributed by atoms with Crippen molar-refractivity contribution in [1.82, 2.24) is 4.90 Å². The van der Waals surface area contributed by atoms with Crippen molar-refractivity contribution in [2.75, 3.05) is 43.0 Å². The van der Waals surface area contributed by atoms with Crippen molar-refractivity contribution in [3.05, 3.63) is 53.6 Å². The average Bonchev–Trinajstić information content (AvgIpc) is 2.69. The number of nitrogens with zero attached hydrogens (tertiary/aromatic N) is 2. The summed E-state index contributed by atoms with van der Waals surface area (Å²) in [6.07, 6.45) is 0. The highest BCUT2D eigenvalue weighted by Gasteiger charge is 2.25. The van der Waals surface area contributed by atoms with Crippen molar-refractivity contribution in [3.63, 3.8) is 0 Å². The zero-order chi connectivity index (χ0) is 19.2. The molecule has 0 spiro atoms. The summed E-state index contributed by atoms with van der Waals surface area (Å²) >= 11 is 6.09. The monoisotopic (exact) mass is 387 g/mol. The lowest BCUT2D eigenvalue weighted by molar-refractivity contribution is -0.120. The van der Waals surface area contributed by atoms with Gasteiger partial charge >= 0.3 is 0 Å². The SMILES string of the molecule is CCOc1ccc(NC(=O)[C@@H](C)N2CCN(c3cccc(Cl)c3)CC2)cc1. The zero-order valence-electron chi connectivity index (χ0n) is 15.8. The fraction of sp³-hybridized carbons (Fsp3) is 0.381. The Labute approximate surface area is 165 Å². The summed E-state index contributed by atoms with van der Waals surface area (Å²) in [4.78, 5) is 17.1. The number of nitrogens with one attached hydrogen (secondary N) is 1. The van der Waals surface area contributed by atoms with E-state index in [4.69, 9.17) is 16.3 Å². The van der Waals surface area contributed by atoms with Crippen LogP contribution in [-0.4, -0.2) is 49.6 Å². The second kappa shape index (κ2) is 9.11. The van der Waals surface area contributed by atoms with E-state index < -0.39 is 0 Å². The Kier molecular flexibility index (Phi) is 6.58. The quantitative estimate of drug-likeness (QED) is 0.816. The van der Waals surface area contributed by atoms with E-state index in [1.54, 1.807) is 0 Å². The molecule has 0 unspecified atom stereocenters. The van der Waals surface area contributed by atoms with E-state index in [2.05, 4.69) is 21.2 Å². The summed E-state index contributed by atoms with van der Waals surface area (Å²) in [5, 5.41) is 3.74. The Morgan fingerprint density at radius 1 is 1.15 bits per heavy atom. The number of anilines is 2. The van der Waals surface area contributed by atoms with Gasteiger partial charge in [0.05, 0.1) is 12.6 Å². The highest BCUT2D eigenvalue weighted by molar-refractivity contribution is 6.30. The second-order valence-electron chi connectivity index (χ2n) is 6.63. The summed E-state index contributed by atoms with van der Waals surface area (Å²) in [7, 11) is 0. The van der Waals surface area contributed by atoms with E-state index in [0.717, 1.165) is 48.3 Å². The van der Waals surface area contributed by atoms with Crippen LogP contribution in [0.3, 0.4) is 0 Å². The van der Waals surface area contributed by atoms with E-state index in [-0.39, 0.29) is 11.9 Å². The van der Waals surface area contributed by atoms with E-state index in [1.165, 1.54) is 0 Å². The lowest BCUT2D eigenvalue weighted by Gasteiger charge is -2.38. The summed E-state index contributed by atoms with van der Waals surface area (Å²) in [6.45, 7) is 7.96. The van der Waals surface area contributed by atoms with Gasteiger partial charge in [-0.3, -0.25) is 9.69 Å². The van der Waals surface area contributed by atoms with Crippen molar-refractivity contribution >= 4 is 28.9 Å². The summed E-state index contributed by atoms with van der Waals surface area (Å²) in [5.74, 6) is 0.816. The number of carbonyl (C=O) groups excluding carboxylic acids is 1. The lowest BCUT2D eigenvalue weighted by atomic mass is 10.2. The van der Waals surface area contributed by atoms with Crippen LogP contribution in [0.4, 0.5) is 11.4 Å². The van der Waals surface area contributed by atoms with E-state index in [1.807, 2.05) is 56.3 Å². The Bertz CT molecular complexity index is 758. The average molecular weight is 388 g/mol. The predicted molar refractivity (Wildman–Crippen MR) is 111 cm³/mol. The van der Waals surface area contributed by atoms with Gasteiger partial charge in [0, 0.05) is 42.6 Å². The molecule has 144 valence electrons. The van der Waals surface area contributed by atoms with Gasteiger partial charge in [0.25, 0.3) is 0 Å². The van der Waals surface area contributed by atoms with Crippen LogP contribution in [0.1, 0.15) is 13.8 Å². The van der Waals surface area contributed by atoms with Crippen molar-refractivity contribution in [2.24, 2.45) is 0 Å². The van der Waals surface area contributed by atoms with Crippen LogP contribution >= 0.6 is 11.6 Å². The Morgan fingerprint density at radius 3 is 2.48 bits per heavy atom. The third-order valence-corrected chi connectivity index (χ3v) is 5.08. The molecule has 1 aliphatic heterocycles. The van der Waals surface area contributed by atoms with Crippen LogP contribution in [0.15, 0.2) is 48.5 Å². The van der Waals surface area contributed by atoms with Gasteiger partial charge < -0.3 is 15.0 Å². The van der Waals surface area contributed by atoms with Gasteiger partial charge in [0.15, 0.2) is 0 Å².